The van der Waals surface area contributed by atoms with Crippen molar-refractivity contribution in [3.05, 3.63) is 0 Å². The van der Waals surface area contributed by atoms with E-state index in [2.05, 4.69) is 13.8 Å². The summed E-state index contributed by atoms with van der Waals surface area (Å²) in [6.07, 6.45) is 4.80. The molecular weight excluding hydrogens is 216 g/mol. The van der Waals surface area contributed by atoms with E-state index in [0.29, 0.717) is 12.5 Å². The lowest BCUT2D eigenvalue weighted by molar-refractivity contribution is -0.0240. The molecule has 1 atom stereocenters. The summed E-state index contributed by atoms with van der Waals surface area (Å²) in [6, 6.07) is 0. The van der Waals surface area contributed by atoms with Gasteiger partial charge in [-0.1, -0.05) is 40.0 Å². The van der Waals surface area contributed by atoms with Crippen LogP contribution in [0.15, 0.2) is 0 Å². The van der Waals surface area contributed by atoms with Crippen LogP contribution in [0.4, 0.5) is 4.79 Å². The molecular formula is C14H28O3. The molecule has 0 aromatic carbocycles. The van der Waals surface area contributed by atoms with Gasteiger partial charge in [0.15, 0.2) is 0 Å². The van der Waals surface area contributed by atoms with Crippen LogP contribution in [0.25, 0.3) is 0 Å². The molecule has 0 aromatic rings. The van der Waals surface area contributed by atoms with Gasteiger partial charge >= 0.3 is 6.16 Å². The molecule has 0 N–H and O–H groups in total. The lowest BCUT2D eigenvalue weighted by Crippen LogP contribution is -2.28. The quantitative estimate of drug-likeness (QED) is 0.588. The standard InChI is InChI=1S/C14H28O3/c1-6-9-10-12(7-2)11-16-13(15)17-14(4,5)8-3/h12H,6-11H2,1-5H3. The Labute approximate surface area is 106 Å². The maximum Gasteiger partial charge on any atom is 0.508 e. The maximum absolute atomic E-state index is 11.5. The molecule has 3 heteroatoms. The highest BCUT2D eigenvalue weighted by Crippen LogP contribution is 2.16. The van der Waals surface area contributed by atoms with Crippen LogP contribution in [-0.4, -0.2) is 18.4 Å². The van der Waals surface area contributed by atoms with Gasteiger partial charge in [0.05, 0.1) is 6.61 Å². The number of rotatable bonds is 8. The van der Waals surface area contributed by atoms with Crippen LogP contribution in [0.3, 0.4) is 0 Å². The van der Waals surface area contributed by atoms with Gasteiger partial charge < -0.3 is 9.47 Å². The van der Waals surface area contributed by atoms with Crippen LogP contribution >= 0.6 is 0 Å². The van der Waals surface area contributed by atoms with Crippen molar-refractivity contribution in [3.63, 3.8) is 0 Å². The predicted molar refractivity (Wildman–Crippen MR) is 70.1 cm³/mol. The molecule has 0 spiro atoms. The molecule has 0 aliphatic rings. The lowest BCUT2D eigenvalue weighted by Gasteiger charge is -2.23. The van der Waals surface area contributed by atoms with Crippen LogP contribution in [0.5, 0.6) is 0 Å². The van der Waals surface area contributed by atoms with E-state index in [0.717, 1.165) is 19.3 Å². The first-order valence-electron chi connectivity index (χ1n) is 6.80. The molecule has 0 aromatic heterocycles. The molecule has 0 bridgehead atoms. The molecule has 0 rings (SSSR count). The van der Waals surface area contributed by atoms with Crippen molar-refractivity contribution in [2.24, 2.45) is 5.92 Å². The zero-order valence-corrected chi connectivity index (χ0v) is 12.0. The molecule has 3 nitrogen and oxygen atoms in total. The van der Waals surface area contributed by atoms with Gasteiger partial charge in [0.1, 0.15) is 5.60 Å². The van der Waals surface area contributed by atoms with Gasteiger partial charge in [-0.05, 0) is 32.6 Å². The Balaban J connectivity index is 3.88. The topological polar surface area (TPSA) is 35.5 Å². The molecule has 0 fully saturated rings. The summed E-state index contributed by atoms with van der Waals surface area (Å²) in [5, 5.41) is 0. The van der Waals surface area contributed by atoms with Crippen molar-refractivity contribution in [1.29, 1.82) is 0 Å². The molecule has 1 unspecified atom stereocenters. The highest BCUT2D eigenvalue weighted by atomic mass is 16.7. The van der Waals surface area contributed by atoms with Crippen molar-refractivity contribution in [2.45, 2.75) is 72.3 Å². The van der Waals surface area contributed by atoms with Crippen LogP contribution in [0.2, 0.25) is 0 Å². The van der Waals surface area contributed by atoms with Crippen LogP contribution < -0.4 is 0 Å². The largest absolute Gasteiger partial charge is 0.508 e. The van der Waals surface area contributed by atoms with Gasteiger partial charge in [-0.15, -0.1) is 0 Å². The van der Waals surface area contributed by atoms with E-state index in [1.807, 2.05) is 20.8 Å². The Morgan fingerprint density at radius 3 is 2.35 bits per heavy atom. The number of ether oxygens (including phenoxy) is 2. The summed E-state index contributed by atoms with van der Waals surface area (Å²) in [5.74, 6) is 0.465. The fourth-order valence-electron chi connectivity index (χ4n) is 1.41. The zero-order valence-electron chi connectivity index (χ0n) is 12.0. The fourth-order valence-corrected chi connectivity index (χ4v) is 1.41. The number of carbonyl (C=O) groups excluding carboxylic acids is 1. The van der Waals surface area contributed by atoms with Gasteiger partial charge in [0, 0.05) is 0 Å². The third-order valence-electron chi connectivity index (χ3n) is 3.19. The molecule has 0 amide bonds. The summed E-state index contributed by atoms with van der Waals surface area (Å²) in [5.41, 5.74) is -0.428. The molecule has 0 saturated carbocycles. The second-order valence-electron chi connectivity index (χ2n) is 5.19. The predicted octanol–water partition coefficient (Wildman–Crippen LogP) is 4.54. The molecule has 0 heterocycles. The summed E-state index contributed by atoms with van der Waals surface area (Å²) < 4.78 is 10.4. The van der Waals surface area contributed by atoms with Crippen molar-refractivity contribution < 1.29 is 14.3 Å². The summed E-state index contributed by atoms with van der Waals surface area (Å²) in [6.45, 7) is 10.6. The van der Waals surface area contributed by atoms with Crippen molar-refractivity contribution in [2.75, 3.05) is 6.61 Å². The second kappa shape index (κ2) is 8.37. The van der Waals surface area contributed by atoms with E-state index < -0.39 is 11.8 Å². The Morgan fingerprint density at radius 1 is 1.24 bits per heavy atom. The van der Waals surface area contributed by atoms with E-state index in [4.69, 9.17) is 9.47 Å². The van der Waals surface area contributed by atoms with Gasteiger partial charge in [-0.3, -0.25) is 0 Å². The van der Waals surface area contributed by atoms with E-state index in [9.17, 15) is 4.79 Å². The zero-order chi connectivity index (χ0) is 13.3. The second-order valence-corrected chi connectivity index (χ2v) is 5.19. The van der Waals surface area contributed by atoms with Gasteiger partial charge in [-0.25, -0.2) is 4.79 Å². The number of hydrogen-bond acceptors (Lipinski definition) is 3. The first kappa shape index (κ1) is 16.3. The van der Waals surface area contributed by atoms with E-state index in [1.54, 1.807) is 0 Å². The highest BCUT2D eigenvalue weighted by Gasteiger charge is 2.22. The van der Waals surface area contributed by atoms with E-state index in [1.165, 1.54) is 12.8 Å². The van der Waals surface area contributed by atoms with E-state index in [-0.39, 0.29) is 0 Å². The van der Waals surface area contributed by atoms with E-state index >= 15 is 0 Å². The summed E-state index contributed by atoms with van der Waals surface area (Å²) in [7, 11) is 0. The Morgan fingerprint density at radius 2 is 1.88 bits per heavy atom. The van der Waals surface area contributed by atoms with Gasteiger partial charge in [0.25, 0.3) is 0 Å². The maximum atomic E-state index is 11.5. The number of hydrogen-bond donors (Lipinski definition) is 0. The third-order valence-corrected chi connectivity index (χ3v) is 3.19. The minimum atomic E-state index is -0.535. The molecule has 0 aliphatic carbocycles. The SMILES string of the molecule is CCCCC(CC)COC(=O)OC(C)(C)CC. The third kappa shape index (κ3) is 8.06. The van der Waals surface area contributed by atoms with Crippen LogP contribution in [0, 0.1) is 5.92 Å². The van der Waals surface area contributed by atoms with Crippen molar-refractivity contribution >= 4 is 6.16 Å². The Bertz CT molecular complexity index is 212. The molecule has 17 heavy (non-hydrogen) atoms. The number of carbonyl (C=O) groups is 1. The summed E-state index contributed by atoms with van der Waals surface area (Å²) in [4.78, 5) is 11.5. The van der Waals surface area contributed by atoms with Crippen molar-refractivity contribution in [1.82, 2.24) is 0 Å². The first-order valence-corrected chi connectivity index (χ1v) is 6.80. The summed E-state index contributed by atoms with van der Waals surface area (Å²) >= 11 is 0. The Hall–Kier alpha value is -0.730. The van der Waals surface area contributed by atoms with Gasteiger partial charge in [0.2, 0.25) is 0 Å². The Kier molecular flexibility index (Phi) is 8.01. The van der Waals surface area contributed by atoms with Gasteiger partial charge in [-0.2, -0.15) is 0 Å². The smallest absolute Gasteiger partial charge is 0.434 e. The van der Waals surface area contributed by atoms with Crippen LogP contribution in [0.1, 0.15) is 66.7 Å². The molecule has 0 aliphatic heterocycles. The van der Waals surface area contributed by atoms with Crippen LogP contribution in [-0.2, 0) is 9.47 Å². The first-order chi connectivity index (χ1) is 7.95. The fraction of sp³-hybridized carbons (Fsp3) is 0.929. The monoisotopic (exact) mass is 244 g/mol. The number of unbranched alkanes of at least 4 members (excludes halogenated alkanes) is 1. The minimum Gasteiger partial charge on any atom is -0.434 e. The van der Waals surface area contributed by atoms with Crippen molar-refractivity contribution in [3.8, 4) is 0 Å². The normalized spacial score (nSPS) is 13.2. The highest BCUT2D eigenvalue weighted by molar-refractivity contribution is 5.60. The lowest BCUT2D eigenvalue weighted by atomic mass is 10.0. The molecule has 102 valence electrons. The average Bonchev–Trinajstić information content (AvgIpc) is 2.29. The molecule has 0 saturated heterocycles. The molecule has 0 radical (unpaired) electrons. The minimum absolute atomic E-state index is 0.428. The average molecular weight is 244 g/mol.